The number of carbonyl (C=O) groups is 1. The standard InChI is InChI=1S/C20H18N2OS/c1-20(2)16-6-4-5-7-17(16)22(3)18(20)9-8-14(12-21)19(23)15-10-11-24-13-15/h4-11,13H,1-3H3/b14-8+,18-9-. The van der Waals surface area contributed by atoms with Crippen LogP contribution in [0, 0.1) is 11.3 Å². The molecule has 1 aromatic heterocycles. The van der Waals surface area contributed by atoms with Crippen molar-refractivity contribution in [3.05, 3.63) is 75.6 Å². The van der Waals surface area contributed by atoms with E-state index in [0.717, 1.165) is 11.4 Å². The van der Waals surface area contributed by atoms with Crippen LogP contribution in [0.15, 0.2) is 64.5 Å². The number of nitrogens with zero attached hydrogens (tertiary/aromatic N) is 2. The Labute approximate surface area is 146 Å². The Morgan fingerprint density at radius 2 is 2.04 bits per heavy atom. The maximum Gasteiger partial charge on any atom is 0.204 e. The third kappa shape index (κ3) is 2.57. The molecule has 0 fully saturated rings. The summed E-state index contributed by atoms with van der Waals surface area (Å²) < 4.78 is 0. The first-order valence-corrected chi connectivity index (χ1v) is 8.64. The van der Waals surface area contributed by atoms with Crippen molar-refractivity contribution in [1.29, 1.82) is 5.26 Å². The van der Waals surface area contributed by atoms with Gasteiger partial charge in [-0.1, -0.05) is 32.0 Å². The Bertz CT molecular complexity index is 883. The van der Waals surface area contributed by atoms with Crippen molar-refractivity contribution >= 4 is 22.8 Å². The first kappa shape index (κ1) is 16.2. The molecule has 1 aliphatic heterocycles. The Kier molecular flexibility index (Phi) is 4.13. The van der Waals surface area contributed by atoms with Gasteiger partial charge in [-0.25, -0.2) is 0 Å². The number of rotatable bonds is 3. The van der Waals surface area contributed by atoms with Crippen molar-refractivity contribution in [1.82, 2.24) is 0 Å². The molecular formula is C20H18N2OS. The lowest BCUT2D eigenvalue weighted by Gasteiger charge is -2.23. The third-order valence-corrected chi connectivity index (χ3v) is 5.18. The van der Waals surface area contributed by atoms with Crippen molar-refractivity contribution in [3.63, 3.8) is 0 Å². The van der Waals surface area contributed by atoms with Gasteiger partial charge in [0.05, 0.1) is 0 Å². The predicted octanol–water partition coefficient (Wildman–Crippen LogP) is 4.69. The van der Waals surface area contributed by atoms with Crippen molar-refractivity contribution in [2.75, 3.05) is 11.9 Å². The van der Waals surface area contributed by atoms with E-state index in [2.05, 4.69) is 30.9 Å². The van der Waals surface area contributed by atoms with Crippen LogP contribution < -0.4 is 4.90 Å². The molecule has 120 valence electrons. The second-order valence-corrected chi connectivity index (χ2v) is 7.07. The maximum atomic E-state index is 12.4. The van der Waals surface area contributed by atoms with Gasteiger partial charge in [0.1, 0.15) is 11.6 Å². The van der Waals surface area contributed by atoms with Crippen molar-refractivity contribution in [2.45, 2.75) is 19.3 Å². The van der Waals surface area contributed by atoms with Gasteiger partial charge in [0.2, 0.25) is 5.78 Å². The minimum Gasteiger partial charge on any atom is -0.347 e. The fourth-order valence-corrected chi connectivity index (χ4v) is 3.81. The largest absolute Gasteiger partial charge is 0.347 e. The fraction of sp³-hybridized carbons (Fsp3) is 0.200. The Morgan fingerprint density at radius 3 is 2.67 bits per heavy atom. The van der Waals surface area contributed by atoms with Gasteiger partial charge in [0.15, 0.2) is 0 Å². The van der Waals surface area contributed by atoms with E-state index in [4.69, 9.17) is 0 Å². The molecule has 2 aromatic rings. The summed E-state index contributed by atoms with van der Waals surface area (Å²) in [6, 6.07) is 12.0. The average Bonchev–Trinajstić information content (AvgIpc) is 3.17. The molecule has 0 N–H and O–H groups in total. The molecule has 0 atom stereocenters. The second kappa shape index (κ2) is 6.10. The van der Waals surface area contributed by atoms with Gasteiger partial charge < -0.3 is 4.90 Å². The van der Waals surface area contributed by atoms with Crippen LogP contribution in [-0.4, -0.2) is 12.8 Å². The summed E-state index contributed by atoms with van der Waals surface area (Å²) in [5, 5.41) is 13.0. The lowest BCUT2D eigenvalue weighted by molar-refractivity contribution is 0.103. The summed E-state index contributed by atoms with van der Waals surface area (Å²) in [5.41, 5.74) is 4.01. The summed E-state index contributed by atoms with van der Waals surface area (Å²) in [7, 11) is 2.01. The molecule has 2 heterocycles. The molecule has 1 aliphatic rings. The second-order valence-electron chi connectivity index (χ2n) is 6.29. The molecule has 0 bridgehead atoms. The highest BCUT2D eigenvalue weighted by Gasteiger charge is 2.37. The summed E-state index contributed by atoms with van der Waals surface area (Å²) in [4.78, 5) is 14.5. The summed E-state index contributed by atoms with van der Waals surface area (Å²) in [5.74, 6) is -0.230. The van der Waals surface area contributed by atoms with Gasteiger partial charge in [-0.05, 0) is 35.2 Å². The lowest BCUT2D eigenvalue weighted by atomic mass is 9.83. The van der Waals surface area contributed by atoms with Gasteiger partial charge in [-0.3, -0.25) is 4.79 Å². The number of para-hydroxylation sites is 1. The molecule has 4 heteroatoms. The highest BCUT2D eigenvalue weighted by molar-refractivity contribution is 7.08. The number of ketones is 1. The Balaban J connectivity index is 2.00. The predicted molar refractivity (Wildman–Crippen MR) is 98.3 cm³/mol. The number of hydrogen-bond acceptors (Lipinski definition) is 4. The molecular weight excluding hydrogens is 316 g/mol. The smallest absolute Gasteiger partial charge is 0.204 e. The molecule has 0 amide bonds. The molecule has 0 spiro atoms. The van der Waals surface area contributed by atoms with Crippen LogP contribution in [0.3, 0.4) is 0 Å². The first-order chi connectivity index (χ1) is 11.5. The normalized spacial score (nSPS) is 17.7. The van der Waals surface area contributed by atoms with Gasteiger partial charge in [-0.15, -0.1) is 0 Å². The molecule has 24 heavy (non-hydrogen) atoms. The quantitative estimate of drug-likeness (QED) is 0.464. The van der Waals surface area contributed by atoms with Gasteiger partial charge in [0, 0.05) is 34.8 Å². The molecule has 3 nitrogen and oxygen atoms in total. The van der Waals surface area contributed by atoms with Crippen LogP contribution >= 0.6 is 11.3 Å². The van der Waals surface area contributed by atoms with E-state index in [1.54, 1.807) is 17.5 Å². The zero-order valence-corrected chi connectivity index (χ0v) is 14.7. The van der Waals surface area contributed by atoms with Gasteiger partial charge in [-0.2, -0.15) is 16.6 Å². The van der Waals surface area contributed by atoms with E-state index in [0.29, 0.717) is 5.56 Å². The zero-order chi connectivity index (χ0) is 17.3. The summed E-state index contributed by atoms with van der Waals surface area (Å²) in [6.45, 7) is 4.31. The van der Waals surface area contributed by atoms with E-state index in [-0.39, 0.29) is 16.8 Å². The van der Waals surface area contributed by atoms with Crippen LogP contribution in [0.25, 0.3) is 0 Å². The number of allylic oxidation sites excluding steroid dienone is 4. The Hall–Kier alpha value is -2.64. The van der Waals surface area contributed by atoms with E-state index in [1.165, 1.54) is 16.9 Å². The molecule has 3 rings (SSSR count). The number of carbonyl (C=O) groups excluding carboxylic acids is 1. The molecule has 0 unspecified atom stereocenters. The van der Waals surface area contributed by atoms with E-state index in [1.807, 2.05) is 36.7 Å². The highest BCUT2D eigenvalue weighted by Crippen LogP contribution is 2.46. The summed E-state index contributed by atoms with van der Waals surface area (Å²) >= 11 is 1.45. The SMILES string of the molecule is CN1/C(=C\C=C(/C#N)C(=O)c2ccsc2)C(C)(C)c2ccccc21. The number of fused-ring (bicyclic) bond motifs is 1. The van der Waals surface area contributed by atoms with Crippen molar-refractivity contribution < 1.29 is 4.79 Å². The molecule has 0 saturated heterocycles. The average molecular weight is 334 g/mol. The maximum absolute atomic E-state index is 12.4. The minimum absolute atomic E-state index is 0.154. The number of likely N-dealkylation sites (N-methyl/N-ethyl adjacent to an activating group) is 1. The van der Waals surface area contributed by atoms with Crippen LogP contribution in [0.2, 0.25) is 0 Å². The zero-order valence-electron chi connectivity index (χ0n) is 13.9. The van der Waals surface area contributed by atoms with Gasteiger partial charge >= 0.3 is 0 Å². The Morgan fingerprint density at radius 1 is 1.29 bits per heavy atom. The highest BCUT2D eigenvalue weighted by atomic mass is 32.1. The topological polar surface area (TPSA) is 44.1 Å². The number of anilines is 1. The molecule has 1 aromatic carbocycles. The third-order valence-electron chi connectivity index (χ3n) is 4.50. The van der Waals surface area contributed by atoms with Gasteiger partial charge in [0.25, 0.3) is 0 Å². The number of hydrogen-bond donors (Lipinski definition) is 0. The first-order valence-electron chi connectivity index (χ1n) is 7.69. The van der Waals surface area contributed by atoms with Crippen molar-refractivity contribution in [2.24, 2.45) is 0 Å². The fourth-order valence-electron chi connectivity index (χ4n) is 3.18. The molecule has 0 radical (unpaired) electrons. The summed E-state index contributed by atoms with van der Waals surface area (Å²) in [6.07, 6.45) is 3.53. The molecule has 0 saturated carbocycles. The number of thiophene rings is 1. The van der Waals surface area contributed by atoms with E-state index in [9.17, 15) is 10.1 Å². The van der Waals surface area contributed by atoms with E-state index < -0.39 is 0 Å². The lowest BCUT2D eigenvalue weighted by Crippen LogP contribution is -2.22. The van der Waals surface area contributed by atoms with Crippen LogP contribution in [0.4, 0.5) is 5.69 Å². The van der Waals surface area contributed by atoms with Crippen LogP contribution in [-0.2, 0) is 5.41 Å². The number of nitriles is 1. The van der Waals surface area contributed by atoms with Crippen LogP contribution in [0.1, 0.15) is 29.8 Å². The van der Waals surface area contributed by atoms with Crippen LogP contribution in [0.5, 0.6) is 0 Å². The minimum atomic E-state index is -0.230. The van der Waals surface area contributed by atoms with Crippen molar-refractivity contribution in [3.8, 4) is 6.07 Å². The molecule has 0 aliphatic carbocycles. The van der Waals surface area contributed by atoms with E-state index >= 15 is 0 Å². The monoisotopic (exact) mass is 334 g/mol. The number of benzene rings is 1. The number of Topliss-reactive ketones (excluding diaryl/α,β-unsaturated/α-hetero) is 1.